The van der Waals surface area contributed by atoms with Crippen LogP contribution in [0, 0.1) is 9.39 Å². The third-order valence-corrected chi connectivity index (χ3v) is 4.85. The van der Waals surface area contributed by atoms with Gasteiger partial charge < -0.3 is 5.32 Å². The Morgan fingerprint density at radius 1 is 1.42 bits per heavy atom. The fourth-order valence-electron chi connectivity index (χ4n) is 1.39. The van der Waals surface area contributed by atoms with E-state index in [9.17, 15) is 12.8 Å². The lowest BCUT2D eigenvalue weighted by Gasteiger charge is -2.18. The van der Waals surface area contributed by atoms with Gasteiger partial charge >= 0.3 is 10.2 Å². The fourth-order valence-corrected chi connectivity index (χ4v) is 3.16. The summed E-state index contributed by atoms with van der Waals surface area (Å²) in [6.07, 6.45) is 0.717. The van der Waals surface area contributed by atoms with E-state index in [1.807, 2.05) is 29.6 Å². The smallest absolute Gasteiger partial charge is 0.301 e. The van der Waals surface area contributed by atoms with Crippen molar-refractivity contribution in [3.8, 4) is 0 Å². The van der Waals surface area contributed by atoms with Gasteiger partial charge in [-0.25, -0.2) is 4.39 Å². The Kier molecular flexibility index (Phi) is 6.43. The standard InChI is InChI=1S/C11H17FIN3O2S/c1-14-6-3-7-16(2)19(17,18)15-11-5-4-9(12)8-10(11)13/h4-5,8,14-15H,3,6-7H2,1-2H3. The highest BCUT2D eigenvalue weighted by Gasteiger charge is 2.18. The lowest BCUT2D eigenvalue weighted by atomic mass is 10.3. The van der Waals surface area contributed by atoms with E-state index in [2.05, 4.69) is 10.0 Å². The molecule has 1 aromatic rings. The predicted octanol–water partition coefficient (Wildman–Crippen LogP) is 1.63. The molecule has 0 saturated heterocycles. The molecule has 0 atom stereocenters. The molecular formula is C11H17FIN3O2S. The monoisotopic (exact) mass is 401 g/mol. The zero-order valence-corrected chi connectivity index (χ0v) is 13.8. The summed E-state index contributed by atoms with van der Waals surface area (Å²) in [7, 11) is -0.279. The number of rotatable bonds is 7. The second-order valence-electron chi connectivity index (χ2n) is 4.01. The van der Waals surface area contributed by atoms with E-state index >= 15 is 0 Å². The highest BCUT2D eigenvalue weighted by atomic mass is 127. The number of nitrogens with one attached hydrogen (secondary N) is 2. The molecule has 0 aliphatic carbocycles. The molecule has 1 rings (SSSR count). The average molecular weight is 401 g/mol. The lowest BCUT2D eigenvalue weighted by molar-refractivity contribution is 0.462. The van der Waals surface area contributed by atoms with Crippen molar-refractivity contribution in [2.75, 3.05) is 31.9 Å². The fraction of sp³-hybridized carbons (Fsp3) is 0.455. The van der Waals surface area contributed by atoms with Crippen LogP contribution >= 0.6 is 22.6 Å². The van der Waals surface area contributed by atoms with Crippen molar-refractivity contribution in [3.05, 3.63) is 27.6 Å². The van der Waals surface area contributed by atoms with E-state index in [0.29, 0.717) is 22.2 Å². The minimum atomic E-state index is -3.60. The molecule has 0 aromatic heterocycles. The molecule has 0 amide bonds. The van der Waals surface area contributed by atoms with Crippen molar-refractivity contribution in [1.82, 2.24) is 9.62 Å². The van der Waals surface area contributed by atoms with Crippen LogP contribution in [-0.4, -0.2) is 39.9 Å². The van der Waals surface area contributed by atoms with Crippen molar-refractivity contribution < 1.29 is 12.8 Å². The van der Waals surface area contributed by atoms with E-state index in [1.54, 1.807) is 0 Å². The van der Waals surface area contributed by atoms with Gasteiger partial charge in [0.1, 0.15) is 5.82 Å². The van der Waals surface area contributed by atoms with Crippen LogP contribution in [0.4, 0.5) is 10.1 Å². The molecule has 108 valence electrons. The number of hydrogen-bond donors (Lipinski definition) is 2. The molecule has 0 aliphatic rings. The summed E-state index contributed by atoms with van der Waals surface area (Å²) in [6.45, 7) is 1.15. The maximum absolute atomic E-state index is 12.9. The van der Waals surface area contributed by atoms with E-state index in [-0.39, 0.29) is 0 Å². The van der Waals surface area contributed by atoms with Crippen LogP contribution in [-0.2, 0) is 10.2 Å². The van der Waals surface area contributed by atoms with Gasteiger partial charge in [-0.2, -0.15) is 12.7 Å². The van der Waals surface area contributed by atoms with Crippen molar-refractivity contribution >= 4 is 38.5 Å². The third-order valence-electron chi connectivity index (χ3n) is 2.48. The molecule has 5 nitrogen and oxygen atoms in total. The first kappa shape index (κ1) is 16.6. The number of benzene rings is 1. The van der Waals surface area contributed by atoms with Crippen LogP contribution in [0.1, 0.15) is 6.42 Å². The molecule has 0 radical (unpaired) electrons. The SMILES string of the molecule is CNCCCN(C)S(=O)(=O)Nc1ccc(F)cc1I. The lowest BCUT2D eigenvalue weighted by Crippen LogP contribution is -2.34. The molecule has 0 spiro atoms. The van der Waals surface area contributed by atoms with Gasteiger partial charge in [-0.1, -0.05) is 0 Å². The number of anilines is 1. The summed E-state index contributed by atoms with van der Waals surface area (Å²) in [5, 5.41) is 2.95. The van der Waals surface area contributed by atoms with Crippen LogP contribution in [0.2, 0.25) is 0 Å². The second kappa shape index (κ2) is 7.36. The third kappa shape index (κ3) is 5.21. The Hall–Kier alpha value is -0.450. The minimum Gasteiger partial charge on any atom is -0.320 e. The van der Waals surface area contributed by atoms with Crippen LogP contribution in [0.5, 0.6) is 0 Å². The Balaban J connectivity index is 2.73. The molecule has 0 aliphatic heterocycles. The van der Waals surface area contributed by atoms with Gasteiger partial charge in [0.2, 0.25) is 0 Å². The normalized spacial score (nSPS) is 11.8. The largest absolute Gasteiger partial charge is 0.320 e. The van der Waals surface area contributed by atoms with Crippen LogP contribution < -0.4 is 10.0 Å². The molecule has 0 bridgehead atoms. The molecule has 0 heterocycles. The highest BCUT2D eigenvalue weighted by Crippen LogP contribution is 2.20. The summed E-state index contributed by atoms with van der Waals surface area (Å²) < 4.78 is 41.2. The van der Waals surface area contributed by atoms with Gasteiger partial charge in [0.05, 0.1) is 5.69 Å². The van der Waals surface area contributed by atoms with Crippen LogP contribution in [0.3, 0.4) is 0 Å². The average Bonchev–Trinajstić information content (AvgIpc) is 2.33. The summed E-state index contributed by atoms with van der Waals surface area (Å²) in [5.41, 5.74) is 0.377. The van der Waals surface area contributed by atoms with Crippen molar-refractivity contribution in [2.45, 2.75) is 6.42 Å². The zero-order chi connectivity index (χ0) is 14.5. The van der Waals surface area contributed by atoms with Gasteiger partial charge in [-0.15, -0.1) is 0 Å². The molecule has 0 fully saturated rings. The van der Waals surface area contributed by atoms with Gasteiger partial charge in [-0.3, -0.25) is 4.72 Å². The highest BCUT2D eigenvalue weighted by molar-refractivity contribution is 14.1. The number of nitrogens with zero attached hydrogens (tertiary/aromatic N) is 1. The molecule has 8 heteroatoms. The zero-order valence-electron chi connectivity index (χ0n) is 10.8. The minimum absolute atomic E-state index is 0.377. The Morgan fingerprint density at radius 3 is 2.68 bits per heavy atom. The van der Waals surface area contributed by atoms with E-state index < -0.39 is 16.0 Å². The van der Waals surface area contributed by atoms with E-state index in [4.69, 9.17) is 0 Å². The predicted molar refractivity (Wildman–Crippen MR) is 82.8 cm³/mol. The van der Waals surface area contributed by atoms with Gasteiger partial charge in [0, 0.05) is 17.2 Å². The van der Waals surface area contributed by atoms with E-state index in [0.717, 1.165) is 6.54 Å². The Bertz CT molecular complexity index is 525. The first-order valence-corrected chi connectivity index (χ1v) is 8.22. The number of hydrogen-bond acceptors (Lipinski definition) is 3. The van der Waals surface area contributed by atoms with Crippen molar-refractivity contribution in [3.63, 3.8) is 0 Å². The Morgan fingerprint density at radius 2 is 2.11 bits per heavy atom. The summed E-state index contributed by atoms with van der Waals surface area (Å²) in [6, 6.07) is 3.91. The summed E-state index contributed by atoms with van der Waals surface area (Å²) in [5.74, 6) is -0.394. The van der Waals surface area contributed by atoms with Crippen LogP contribution in [0.15, 0.2) is 18.2 Å². The molecule has 0 saturated carbocycles. The quantitative estimate of drug-likeness (QED) is 0.540. The van der Waals surface area contributed by atoms with Gasteiger partial charge in [0.15, 0.2) is 0 Å². The first-order chi connectivity index (χ1) is 8.86. The first-order valence-electron chi connectivity index (χ1n) is 5.70. The maximum Gasteiger partial charge on any atom is 0.301 e. The molecule has 0 unspecified atom stereocenters. The van der Waals surface area contributed by atoms with Gasteiger partial charge in [-0.05, 0) is 60.8 Å². The molecule has 19 heavy (non-hydrogen) atoms. The van der Waals surface area contributed by atoms with E-state index in [1.165, 1.54) is 29.6 Å². The van der Waals surface area contributed by atoms with Crippen molar-refractivity contribution in [1.29, 1.82) is 0 Å². The number of halogens is 2. The van der Waals surface area contributed by atoms with Crippen LogP contribution in [0.25, 0.3) is 0 Å². The van der Waals surface area contributed by atoms with Crippen molar-refractivity contribution in [2.24, 2.45) is 0 Å². The Labute approximate surface area is 126 Å². The topological polar surface area (TPSA) is 61.4 Å². The molecular weight excluding hydrogens is 384 g/mol. The molecule has 2 N–H and O–H groups in total. The maximum atomic E-state index is 12.9. The second-order valence-corrected chi connectivity index (χ2v) is 6.95. The van der Waals surface area contributed by atoms with Gasteiger partial charge in [0.25, 0.3) is 0 Å². The summed E-state index contributed by atoms with van der Waals surface area (Å²) in [4.78, 5) is 0. The summed E-state index contributed by atoms with van der Waals surface area (Å²) >= 11 is 1.89. The molecule has 1 aromatic carbocycles.